The van der Waals surface area contributed by atoms with E-state index in [1.54, 1.807) is 0 Å². The standard InChI is InChI=1S/C18H17FN2O7/c1-26-14-5-4-11(7-12(14)19)13(22)10-28-17(24)9-20-16(23)8-21-18(25)15-3-2-6-27-15/h2-7H,8-10H2,1H3,(H,20,23)(H,21,25). The average Bonchev–Trinajstić information content (AvgIpc) is 3.23. The number of carbonyl (C=O) groups is 4. The number of methoxy groups -OCH3 is 1. The van der Waals surface area contributed by atoms with Crippen molar-refractivity contribution in [2.45, 2.75) is 0 Å². The smallest absolute Gasteiger partial charge is 0.325 e. The highest BCUT2D eigenvalue weighted by molar-refractivity contribution is 5.98. The predicted octanol–water partition coefficient (Wildman–Crippen LogP) is 0.699. The Kier molecular flexibility index (Phi) is 7.26. The molecule has 28 heavy (non-hydrogen) atoms. The van der Waals surface area contributed by atoms with Gasteiger partial charge in [-0.2, -0.15) is 0 Å². The number of ketones is 1. The van der Waals surface area contributed by atoms with E-state index in [9.17, 15) is 23.6 Å². The number of nitrogens with one attached hydrogen (secondary N) is 2. The summed E-state index contributed by atoms with van der Waals surface area (Å²) in [6, 6.07) is 6.53. The van der Waals surface area contributed by atoms with Gasteiger partial charge in [0.15, 0.2) is 29.7 Å². The molecule has 2 aromatic rings. The van der Waals surface area contributed by atoms with Crippen LogP contribution in [0.2, 0.25) is 0 Å². The first kappa shape index (κ1) is 20.6. The van der Waals surface area contributed by atoms with Gasteiger partial charge in [0.1, 0.15) is 6.54 Å². The van der Waals surface area contributed by atoms with Gasteiger partial charge in [-0.3, -0.25) is 19.2 Å². The number of carbonyl (C=O) groups excluding carboxylic acids is 4. The largest absolute Gasteiger partial charge is 0.494 e. The molecule has 0 atom stereocenters. The number of furan rings is 1. The molecule has 0 saturated heterocycles. The Bertz CT molecular complexity index is 865. The molecule has 0 aliphatic rings. The molecule has 0 fully saturated rings. The van der Waals surface area contributed by atoms with Crippen molar-refractivity contribution in [3.05, 3.63) is 53.7 Å². The molecule has 0 bridgehead atoms. The summed E-state index contributed by atoms with van der Waals surface area (Å²) in [7, 11) is 1.29. The normalized spacial score (nSPS) is 10.1. The minimum absolute atomic E-state index is 0.00998. The number of amides is 2. The fourth-order valence-electron chi connectivity index (χ4n) is 2.01. The molecule has 0 saturated carbocycles. The van der Waals surface area contributed by atoms with Gasteiger partial charge >= 0.3 is 5.97 Å². The maximum atomic E-state index is 13.6. The summed E-state index contributed by atoms with van der Waals surface area (Å²) in [5.41, 5.74) is 0.00998. The Morgan fingerprint density at radius 1 is 1.11 bits per heavy atom. The Morgan fingerprint density at radius 2 is 1.89 bits per heavy atom. The Labute approximate surface area is 158 Å². The molecule has 10 heteroatoms. The Balaban J connectivity index is 1.69. The van der Waals surface area contributed by atoms with Crippen molar-refractivity contribution in [3.63, 3.8) is 0 Å². The van der Waals surface area contributed by atoms with Gasteiger partial charge in [0.05, 0.1) is 19.9 Å². The molecule has 0 aliphatic carbocycles. The van der Waals surface area contributed by atoms with Crippen molar-refractivity contribution < 1.29 is 37.5 Å². The molecule has 0 spiro atoms. The van der Waals surface area contributed by atoms with Crippen molar-refractivity contribution in [2.24, 2.45) is 0 Å². The first-order valence-corrected chi connectivity index (χ1v) is 8.01. The van der Waals surface area contributed by atoms with Crippen LogP contribution in [-0.4, -0.2) is 50.4 Å². The summed E-state index contributed by atoms with van der Waals surface area (Å²) in [5, 5.41) is 4.52. The topological polar surface area (TPSA) is 124 Å². The fraction of sp³-hybridized carbons (Fsp3) is 0.222. The predicted molar refractivity (Wildman–Crippen MR) is 92.3 cm³/mol. The van der Waals surface area contributed by atoms with Crippen molar-refractivity contribution >= 4 is 23.6 Å². The van der Waals surface area contributed by atoms with Gasteiger partial charge in [-0.25, -0.2) is 4.39 Å². The van der Waals surface area contributed by atoms with E-state index in [0.29, 0.717) is 0 Å². The highest BCUT2D eigenvalue weighted by Crippen LogP contribution is 2.17. The van der Waals surface area contributed by atoms with Crippen LogP contribution < -0.4 is 15.4 Å². The zero-order valence-corrected chi connectivity index (χ0v) is 14.8. The minimum Gasteiger partial charge on any atom is -0.494 e. The summed E-state index contributed by atoms with van der Waals surface area (Å²) >= 11 is 0. The number of hydrogen-bond donors (Lipinski definition) is 2. The van der Waals surface area contributed by atoms with Gasteiger partial charge in [0.2, 0.25) is 5.91 Å². The first-order valence-electron chi connectivity index (χ1n) is 8.01. The van der Waals surface area contributed by atoms with E-state index in [4.69, 9.17) is 13.9 Å². The molecule has 2 N–H and O–H groups in total. The van der Waals surface area contributed by atoms with Crippen LogP contribution in [0.15, 0.2) is 41.0 Å². The molecule has 2 rings (SSSR count). The number of benzene rings is 1. The SMILES string of the molecule is COc1ccc(C(=O)COC(=O)CNC(=O)CNC(=O)c2ccco2)cc1F. The lowest BCUT2D eigenvalue weighted by Crippen LogP contribution is -2.39. The Hall–Kier alpha value is -3.69. The van der Waals surface area contributed by atoms with E-state index in [-0.39, 0.29) is 23.6 Å². The quantitative estimate of drug-likeness (QED) is 0.475. The number of ether oxygens (including phenoxy) is 2. The van der Waals surface area contributed by atoms with E-state index < -0.39 is 42.5 Å². The minimum atomic E-state index is -0.868. The molecular formula is C18H17FN2O7. The summed E-state index contributed by atoms with van der Waals surface area (Å²) in [4.78, 5) is 46.7. The molecule has 2 amide bonds. The zero-order valence-electron chi connectivity index (χ0n) is 14.8. The maximum Gasteiger partial charge on any atom is 0.325 e. The second-order valence-corrected chi connectivity index (χ2v) is 5.37. The van der Waals surface area contributed by atoms with Crippen LogP contribution in [-0.2, 0) is 14.3 Å². The van der Waals surface area contributed by atoms with E-state index in [0.717, 1.165) is 6.07 Å². The third-order valence-corrected chi connectivity index (χ3v) is 3.42. The van der Waals surface area contributed by atoms with E-state index in [2.05, 4.69) is 10.6 Å². The molecule has 1 heterocycles. The monoisotopic (exact) mass is 392 g/mol. The van der Waals surface area contributed by atoms with Crippen LogP contribution >= 0.6 is 0 Å². The maximum absolute atomic E-state index is 13.6. The molecule has 1 aromatic carbocycles. The number of rotatable bonds is 9. The summed E-state index contributed by atoms with van der Waals surface area (Å²) in [5.74, 6) is -3.40. The summed E-state index contributed by atoms with van der Waals surface area (Å²) in [6.07, 6.45) is 1.31. The molecule has 0 unspecified atom stereocenters. The summed E-state index contributed by atoms with van der Waals surface area (Å²) in [6.45, 7) is -1.49. The van der Waals surface area contributed by atoms with Crippen LogP contribution in [0, 0.1) is 5.82 Å². The second-order valence-electron chi connectivity index (χ2n) is 5.37. The van der Waals surface area contributed by atoms with Crippen molar-refractivity contribution in [2.75, 3.05) is 26.8 Å². The molecule has 0 radical (unpaired) electrons. The number of halogens is 1. The van der Waals surface area contributed by atoms with Crippen molar-refractivity contribution in [1.29, 1.82) is 0 Å². The van der Waals surface area contributed by atoms with Gasteiger partial charge in [0, 0.05) is 5.56 Å². The van der Waals surface area contributed by atoms with Crippen LogP contribution in [0.25, 0.3) is 0 Å². The molecule has 1 aromatic heterocycles. The molecule has 148 valence electrons. The molecule has 9 nitrogen and oxygen atoms in total. The van der Waals surface area contributed by atoms with E-state index >= 15 is 0 Å². The third-order valence-electron chi connectivity index (χ3n) is 3.42. The molecular weight excluding hydrogens is 375 g/mol. The second kappa shape index (κ2) is 9.86. The van der Waals surface area contributed by atoms with Crippen LogP contribution in [0.4, 0.5) is 4.39 Å². The van der Waals surface area contributed by atoms with E-state index in [1.165, 1.54) is 37.6 Å². The van der Waals surface area contributed by atoms with Gasteiger partial charge in [-0.05, 0) is 30.3 Å². The lowest BCUT2D eigenvalue weighted by Gasteiger charge is -2.07. The number of hydrogen-bond acceptors (Lipinski definition) is 7. The Morgan fingerprint density at radius 3 is 2.54 bits per heavy atom. The summed E-state index contributed by atoms with van der Waals surface area (Å²) < 4.78 is 27.9. The number of Topliss-reactive ketones (excluding diaryl/α,β-unsaturated/α-hetero) is 1. The average molecular weight is 392 g/mol. The highest BCUT2D eigenvalue weighted by atomic mass is 19.1. The number of esters is 1. The van der Waals surface area contributed by atoms with Crippen molar-refractivity contribution in [3.8, 4) is 5.75 Å². The van der Waals surface area contributed by atoms with Gasteiger partial charge in [-0.1, -0.05) is 0 Å². The van der Waals surface area contributed by atoms with Crippen LogP contribution in [0.3, 0.4) is 0 Å². The molecule has 0 aliphatic heterocycles. The van der Waals surface area contributed by atoms with Gasteiger partial charge < -0.3 is 24.5 Å². The van der Waals surface area contributed by atoms with Crippen LogP contribution in [0.5, 0.6) is 5.75 Å². The zero-order chi connectivity index (χ0) is 20.5. The van der Waals surface area contributed by atoms with Crippen LogP contribution in [0.1, 0.15) is 20.9 Å². The van der Waals surface area contributed by atoms with Gasteiger partial charge in [0.25, 0.3) is 5.91 Å². The fourth-order valence-corrected chi connectivity index (χ4v) is 2.01. The van der Waals surface area contributed by atoms with Gasteiger partial charge in [-0.15, -0.1) is 0 Å². The lowest BCUT2D eigenvalue weighted by atomic mass is 10.1. The lowest BCUT2D eigenvalue weighted by molar-refractivity contribution is -0.142. The first-order chi connectivity index (χ1) is 13.4. The third kappa shape index (κ3) is 5.94. The highest BCUT2D eigenvalue weighted by Gasteiger charge is 2.14. The van der Waals surface area contributed by atoms with E-state index in [1.807, 2.05) is 0 Å². The van der Waals surface area contributed by atoms with Crippen molar-refractivity contribution in [1.82, 2.24) is 10.6 Å².